The molecule has 4 nitrogen and oxygen atoms in total. The Labute approximate surface area is 83.8 Å². The molecule has 0 aliphatic rings. The van der Waals surface area contributed by atoms with Crippen LogP contribution < -0.4 is 10.9 Å². The minimum Gasteiger partial charge on any atom is -0.356 e. The molecule has 0 aliphatic carbocycles. The Kier molecular flexibility index (Phi) is 3.68. The van der Waals surface area contributed by atoms with Crippen molar-refractivity contribution in [2.45, 2.75) is 27.2 Å². The molecule has 0 radical (unpaired) electrons. The monoisotopic (exact) mass is 195 g/mol. The zero-order chi connectivity index (χ0) is 10.6. The van der Waals surface area contributed by atoms with E-state index >= 15 is 0 Å². The maximum Gasteiger partial charge on any atom is 0.252 e. The van der Waals surface area contributed by atoms with Crippen LogP contribution in [0.4, 0.5) is 5.95 Å². The molecule has 0 fully saturated rings. The Balaban J connectivity index is 2.55. The molecule has 1 aromatic heterocycles. The van der Waals surface area contributed by atoms with E-state index < -0.39 is 0 Å². The van der Waals surface area contributed by atoms with Crippen molar-refractivity contribution in [3.63, 3.8) is 0 Å². The highest BCUT2D eigenvalue weighted by Crippen LogP contribution is 2.00. The van der Waals surface area contributed by atoms with Gasteiger partial charge in [-0.25, -0.2) is 4.98 Å². The van der Waals surface area contributed by atoms with Crippen molar-refractivity contribution in [3.05, 3.63) is 22.1 Å². The Morgan fingerprint density at radius 3 is 2.86 bits per heavy atom. The van der Waals surface area contributed by atoms with Gasteiger partial charge in [-0.2, -0.15) is 0 Å². The predicted molar refractivity (Wildman–Crippen MR) is 57.5 cm³/mol. The fraction of sp³-hybridized carbons (Fsp3) is 0.600. The largest absolute Gasteiger partial charge is 0.356 e. The summed E-state index contributed by atoms with van der Waals surface area (Å²) < 4.78 is 0. The van der Waals surface area contributed by atoms with Crippen LogP contribution in [-0.2, 0) is 0 Å². The normalized spacial score (nSPS) is 10.6. The molecule has 1 aromatic rings. The third-order valence-electron chi connectivity index (χ3n) is 1.88. The highest BCUT2D eigenvalue weighted by atomic mass is 16.1. The summed E-state index contributed by atoms with van der Waals surface area (Å²) in [6.45, 7) is 6.97. The Bertz CT molecular complexity index is 343. The molecular formula is C10H17N3O. The topological polar surface area (TPSA) is 57.8 Å². The van der Waals surface area contributed by atoms with Crippen LogP contribution >= 0.6 is 0 Å². The summed E-state index contributed by atoms with van der Waals surface area (Å²) in [5.41, 5.74) is 0.630. The van der Waals surface area contributed by atoms with Gasteiger partial charge < -0.3 is 5.32 Å². The molecule has 0 bridgehead atoms. The van der Waals surface area contributed by atoms with E-state index in [2.05, 4.69) is 29.1 Å². The minimum absolute atomic E-state index is 0.107. The molecule has 14 heavy (non-hydrogen) atoms. The quantitative estimate of drug-likeness (QED) is 0.766. The van der Waals surface area contributed by atoms with Crippen molar-refractivity contribution >= 4 is 5.95 Å². The lowest BCUT2D eigenvalue weighted by Gasteiger charge is -2.07. The van der Waals surface area contributed by atoms with Gasteiger partial charge in [-0.15, -0.1) is 0 Å². The van der Waals surface area contributed by atoms with Gasteiger partial charge in [0, 0.05) is 18.3 Å². The molecule has 0 aromatic carbocycles. The average Bonchev–Trinajstić information content (AvgIpc) is 2.01. The van der Waals surface area contributed by atoms with Crippen LogP contribution in [0.2, 0.25) is 0 Å². The van der Waals surface area contributed by atoms with E-state index in [-0.39, 0.29) is 5.56 Å². The number of aromatic amines is 1. The minimum atomic E-state index is -0.107. The van der Waals surface area contributed by atoms with E-state index in [0.717, 1.165) is 18.7 Å². The molecule has 1 heterocycles. The second-order valence-corrected chi connectivity index (χ2v) is 3.84. The summed E-state index contributed by atoms with van der Waals surface area (Å²) in [7, 11) is 0. The van der Waals surface area contributed by atoms with E-state index in [1.54, 1.807) is 0 Å². The number of hydrogen-bond donors (Lipinski definition) is 2. The summed E-state index contributed by atoms with van der Waals surface area (Å²) in [6, 6.07) is 1.48. The van der Waals surface area contributed by atoms with Gasteiger partial charge in [0.25, 0.3) is 5.56 Å². The maximum atomic E-state index is 11.1. The summed E-state index contributed by atoms with van der Waals surface area (Å²) in [4.78, 5) is 17.9. The van der Waals surface area contributed by atoms with Crippen molar-refractivity contribution in [2.75, 3.05) is 11.9 Å². The molecule has 4 heteroatoms. The smallest absolute Gasteiger partial charge is 0.252 e. The first-order valence-electron chi connectivity index (χ1n) is 4.90. The third-order valence-corrected chi connectivity index (χ3v) is 1.88. The third kappa shape index (κ3) is 3.60. The standard InChI is InChI=1S/C10H17N3O/c1-7(2)4-5-11-10-12-8(3)6-9(14)13-10/h6-7H,4-5H2,1-3H3,(H2,11,12,13,14). The van der Waals surface area contributed by atoms with Gasteiger partial charge >= 0.3 is 0 Å². The Morgan fingerprint density at radius 1 is 1.57 bits per heavy atom. The van der Waals surface area contributed by atoms with Crippen LogP contribution in [0.25, 0.3) is 0 Å². The first-order valence-corrected chi connectivity index (χ1v) is 4.90. The molecule has 78 valence electrons. The zero-order valence-corrected chi connectivity index (χ0v) is 8.92. The Morgan fingerprint density at radius 2 is 2.29 bits per heavy atom. The van der Waals surface area contributed by atoms with E-state index in [1.165, 1.54) is 6.07 Å². The fourth-order valence-electron chi connectivity index (χ4n) is 1.14. The number of hydrogen-bond acceptors (Lipinski definition) is 3. The summed E-state index contributed by atoms with van der Waals surface area (Å²) in [5.74, 6) is 1.22. The number of rotatable bonds is 4. The fourth-order valence-corrected chi connectivity index (χ4v) is 1.14. The Hall–Kier alpha value is -1.32. The summed E-state index contributed by atoms with van der Waals surface area (Å²) in [5, 5.41) is 3.09. The molecule has 0 aliphatic heterocycles. The van der Waals surface area contributed by atoms with Gasteiger partial charge in [0.05, 0.1) is 0 Å². The molecule has 0 saturated carbocycles. The average molecular weight is 195 g/mol. The lowest BCUT2D eigenvalue weighted by Crippen LogP contribution is -2.14. The van der Waals surface area contributed by atoms with Gasteiger partial charge in [0.1, 0.15) is 0 Å². The number of aromatic nitrogens is 2. The molecular weight excluding hydrogens is 178 g/mol. The lowest BCUT2D eigenvalue weighted by atomic mass is 10.1. The van der Waals surface area contributed by atoms with Crippen molar-refractivity contribution < 1.29 is 0 Å². The van der Waals surface area contributed by atoms with Crippen molar-refractivity contribution in [2.24, 2.45) is 5.92 Å². The highest BCUT2D eigenvalue weighted by Gasteiger charge is 1.97. The van der Waals surface area contributed by atoms with E-state index in [4.69, 9.17) is 0 Å². The molecule has 0 unspecified atom stereocenters. The van der Waals surface area contributed by atoms with Crippen LogP contribution in [0.1, 0.15) is 26.0 Å². The molecule has 0 saturated heterocycles. The number of anilines is 1. The highest BCUT2D eigenvalue weighted by molar-refractivity contribution is 5.24. The van der Waals surface area contributed by atoms with Crippen LogP contribution in [0.5, 0.6) is 0 Å². The van der Waals surface area contributed by atoms with E-state index in [0.29, 0.717) is 11.9 Å². The summed E-state index contributed by atoms with van der Waals surface area (Å²) >= 11 is 0. The molecule has 0 spiro atoms. The summed E-state index contributed by atoms with van der Waals surface area (Å²) in [6.07, 6.45) is 1.07. The first kappa shape index (κ1) is 10.8. The molecule has 2 N–H and O–H groups in total. The van der Waals surface area contributed by atoms with E-state index in [9.17, 15) is 4.79 Å². The van der Waals surface area contributed by atoms with Gasteiger partial charge in [-0.3, -0.25) is 9.78 Å². The van der Waals surface area contributed by atoms with Crippen molar-refractivity contribution in [1.29, 1.82) is 0 Å². The zero-order valence-electron chi connectivity index (χ0n) is 8.92. The first-order chi connectivity index (χ1) is 6.58. The number of H-pyrrole nitrogens is 1. The van der Waals surface area contributed by atoms with Crippen molar-refractivity contribution in [3.8, 4) is 0 Å². The van der Waals surface area contributed by atoms with Gasteiger partial charge in [0.15, 0.2) is 0 Å². The van der Waals surface area contributed by atoms with Gasteiger partial charge in [-0.05, 0) is 19.3 Å². The van der Waals surface area contributed by atoms with Crippen LogP contribution in [0, 0.1) is 12.8 Å². The van der Waals surface area contributed by atoms with Gasteiger partial charge in [0.2, 0.25) is 5.95 Å². The van der Waals surface area contributed by atoms with E-state index in [1.807, 2.05) is 6.92 Å². The molecule has 1 rings (SSSR count). The second kappa shape index (κ2) is 4.79. The van der Waals surface area contributed by atoms with Crippen LogP contribution in [0.3, 0.4) is 0 Å². The number of nitrogens with zero attached hydrogens (tertiary/aromatic N) is 1. The maximum absolute atomic E-state index is 11.1. The molecule has 0 amide bonds. The number of nitrogens with one attached hydrogen (secondary N) is 2. The SMILES string of the molecule is Cc1cc(=O)[nH]c(NCCC(C)C)n1. The predicted octanol–water partition coefficient (Wildman–Crippen LogP) is 1.54. The second-order valence-electron chi connectivity index (χ2n) is 3.84. The van der Waals surface area contributed by atoms with Crippen LogP contribution in [-0.4, -0.2) is 16.5 Å². The van der Waals surface area contributed by atoms with Crippen molar-refractivity contribution in [1.82, 2.24) is 9.97 Å². The van der Waals surface area contributed by atoms with Gasteiger partial charge in [-0.1, -0.05) is 13.8 Å². The van der Waals surface area contributed by atoms with Crippen LogP contribution in [0.15, 0.2) is 10.9 Å². The number of aryl methyl sites for hydroxylation is 1. The molecule has 0 atom stereocenters. The lowest BCUT2D eigenvalue weighted by molar-refractivity contribution is 0.605.